The van der Waals surface area contributed by atoms with Crippen LogP contribution < -0.4 is 0 Å². The van der Waals surface area contributed by atoms with Crippen molar-refractivity contribution in [3.8, 4) is 0 Å². The summed E-state index contributed by atoms with van der Waals surface area (Å²) in [5.74, 6) is 0. The Kier molecular flexibility index (Phi) is 14.7. The Bertz CT molecular complexity index is 432. The molecule has 0 atom stereocenters. The molecule has 0 fully saturated rings. The van der Waals surface area contributed by atoms with Crippen LogP contribution in [0.4, 0.5) is 0 Å². The second-order valence-corrected chi connectivity index (χ2v) is 8.41. The SMILES string of the molecule is CCCCCCCCCCCCCCCCCCc1cccc(C)c1C. The van der Waals surface area contributed by atoms with Crippen LogP contribution in [0.5, 0.6) is 0 Å². The smallest absolute Gasteiger partial charge is 0.0276 e. The molecule has 0 radical (unpaired) electrons. The van der Waals surface area contributed by atoms with Crippen LogP contribution in [0, 0.1) is 13.8 Å². The zero-order valence-corrected chi connectivity index (χ0v) is 18.3. The summed E-state index contributed by atoms with van der Waals surface area (Å²) in [5.41, 5.74) is 4.52. The lowest BCUT2D eigenvalue weighted by molar-refractivity contribution is 0.529. The normalized spacial score (nSPS) is 11.2. The molecule has 26 heavy (non-hydrogen) atoms. The first-order valence-corrected chi connectivity index (χ1v) is 11.8. The summed E-state index contributed by atoms with van der Waals surface area (Å²) in [4.78, 5) is 0. The molecule has 0 saturated heterocycles. The number of hydrogen-bond acceptors (Lipinski definition) is 0. The van der Waals surface area contributed by atoms with Crippen LogP contribution in [-0.4, -0.2) is 0 Å². The molecule has 0 unspecified atom stereocenters. The average molecular weight is 359 g/mol. The van der Waals surface area contributed by atoms with E-state index in [1.807, 2.05) is 0 Å². The molecule has 0 N–H and O–H groups in total. The van der Waals surface area contributed by atoms with Gasteiger partial charge >= 0.3 is 0 Å². The number of unbranched alkanes of at least 4 members (excludes halogenated alkanes) is 15. The second-order valence-electron chi connectivity index (χ2n) is 8.41. The molecule has 0 nitrogen and oxygen atoms in total. The van der Waals surface area contributed by atoms with E-state index in [0.717, 1.165) is 0 Å². The van der Waals surface area contributed by atoms with Gasteiger partial charge in [0.25, 0.3) is 0 Å². The summed E-state index contributed by atoms with van der Waals surface area (Å²) in [6.45, 7) is 6.80. The van der Waals surface area contributed by atoms with Crippen molar-refractivity contribution in [3.63, 3.8) is 0 Å². The zero-order valence-electron chi connectivity index (χ0n) is 18.3. The van der Waals surface area contributed by atoms with Crippen LogP contribution in [0.25, 0.3) is 0 Å². The van der Waals surface area contributed by atoms with E-state index in [9.17, 15) is 0 Å². The van der Waals surface area contributed by atoms with Crippen LogP contribution in [0.15, 0.2) is 18.2 Å². The van der Waals surface area contributed by atoms with E-state index in [1.54, 1.807) is 5.56 Å². The summed E-state index contributed by atoms with van der Waals surface area (Å²) in [7, 11) is 0. The van der Waals surface area contributed by atoms with E-state index in [2.05, 4.69) is 39.0 Å². The van der Waals surface area contributed by atoms with Crippen molar-refractivity contribution in [2.24, 2.45) is 0 Å². The van der Waals surface area contributed by atoms with Gasteiger partial charge in [-0.1, -0.05) is 121 Å². The fourth-order valence-corrected chi connectivity index (χ4v) is 3.95. The van der Waals surface area contributed by atoms with Crippen molar-refractivity contribution in [3.05, 3.63) is 34.9 Å². The molecule has 0 bridgehead atoms. The summed E-state index contributed by atoms with van der Waals surface area (Å²) in [5, 5.41) is 0. The van der Waals surface area contributed by atoms with Crippen LogP contribution in [0.3, 0.4) is 0 Å². The van der Waals surface area contributed by atoms with Crippen LogP contribution in [0.2, 0.25) is 0 Å². The Balaban J connectivity index is 1.80. The first-order valence-electron chi connectivity index (χ1n) is 11.8. The number of hydrogen-bond donors (Lipinski definition) is 0. The molecule has 0 amide bonds. The fourth-order valence-electron chi connectivity index (χ4n) is 3.95. The Labute approximate surface area is 165 Å². The topological polar surface area (TPSA) is 0 Å². The Morgan fingerprint density at radius 2 is 0.962 bits per heavy atom. The largest absolute Gasteiger partial charge is 0.0654 e. The van der Waals surface area contributed by atoms with Crippen molar-refractivity contribution in [2.45, 2.75) is 130 Å². The standard InChI is InChI=1S/C26H46/c1-4-5-6-7-8-9-10-11-12-13-14-15-16-17-18-19-22-26-23-20-21-24(2)25(26)3/h20-21,23H,4-19,22H2,1-3H3. The molecule has 0 spiro atoms. The van der Waals surface area contributed by atoms with Gasteiger partial charge in [-0.2, -0.15) is 0 Å². The minimum atomic E-state index is 1.27. The third kappa shape index (κ3) is 11.8. The molecular weight excluding hydrogens is 312 g/mol. The maximum atomic E-state index is 2.31. The molecule has 0 heterocycles. The highest BCUT2D eigenvalue weighted by Crippen LogP contribution is 2.17. The lowest BCUT2D eigenvalue weighted by atomic mass is 9.98. The molecule has 0 aliphatic rings. The molecule has 0 aromatic heterocycles. The van der Waals surface area contributed by atoms with E-state index >= 15 is 0 Å². The van der Waals surface area contributed by atoms with Gasteiger partial charge in [-0.25, -0.2) is 0 Å². The molecule has 0 saturated carbocycles. The van der Waals surface area contributed by atoms with E-state index in [4.69, 9.17) is 0 Å². The molecule has 1 aromatic carbocycles. The minimum Gasteiger partial charge on any atom is -0.0654 e. The molecule has 150 valence electrons. The van der Waals surface area contributed by atoms with Crippen LogP contribution >= 0.6 is 0 Å². The highest BCUT2D eigenvalue weighted by atomic mass is 14.1. The van der Waals surface area contributed by atoms with Gasteiger partial charge in [0.1, 0.15) is 0 Å². The highest BCUT2D eigenvalue weighted by molar-refractivity contribution is 5.33. The second kappa shape index (κ2) is 16.4. The number of aryl methyl sites for hydroxylation is 2. The Morgan fingerprint density at radius 3 is 1.42 bits per heavy atom. The van der Waals surface area contributed by atoms with Crippen LogP contribution in [0.1, 0.15) is 126 Å². The van der Waals surface area contributed by atoms with E-state index in [0.29, 0.717) is 0 Å². The zero-order chi connectivity index (χ0) is 18.9. The summed E-state index contributed by atoms with van der Waals surface area (Å²) in [6, 6.07) is 6.75. The molecular formula is C26H46. The third-order valence-corrected chi connectivity index (χ3v) is 6.02. The lowest BCUT2D eigenvalue weighted by Crippen LogP contribution is -1.92. The van der Waals surface area contributed by atoms with Crippen molar-refractivity contribution in [2.75, 3.05) is 0 Å². The fraction of sp³-hybridized carbons (Fsp3) is 0.769. The van der Waals surface area contributed by atoms with E-state index < -0.39 is 0 Å². The van der Waals surface area contributed by atoms with Gasteiger partial charge in [-0.3, -0.25) is 0 Å². The van der Waals surface area contributed by atoms with Gasteiger partial charge in [-0.05, 0) is 43.4 Å². The van der Waals surface area contributed by atoms with E-state index in [1.165, 1.54) is 120 Å². The maximum absolute atomic E-state index is 2.31. The summed E-state index contributed by atoms with van der Waals surface area (Å²) in [6.07, 6.45) is 24.4. The lowest BCUT2D eigenvalue weighted by Gasteiger charge is -2.08. The van der Waals surface area contributed by atoms with Gasteiger partial charge in [0.15, 0.2) is 0 Å². The molecule has 1 rings (SSSR count). The quantitative estimate of drug-likeness (QED) is 0.243. The van der Waals surface area contributed by atoms with Crippen molar-refractivity contribution >= 4 is 0 Å². The predicted octanol–water partition coefficient (Wildman–Crippen LogP) is 9.11. The highest BCUT2D eigenvalue weighted by Gasteiger charge is 2.00. The number of benzene rings is 1. The van der Waals surface area contributed by atoms with Gasteiger partial charge in [0, 0.05) is 0 Å². The monoisotopic (exact) mass is 358 g/mol. The Hall–Kier alpha value is -0.780. The van der Waals surface area contributed by atoms with Crippen molar-refractivity contribution in [1.82, 2.24) is 0 Å². The number of rotatable bonds is 17. The van der Waals surface area contributed by atoms with Crippen molar-refractivity contribution < 1.29 is 0 Å². The molecule has 0 aliphatic heterocycles. The van der Waals surface area contributed by atoms with Gasteiger partial charge in [0.2, 0.25) is 0 Å². The maximum Gasteiger partial charge on any atom is -0.0276 e. The molecule has 0 aliphatic carbocycles. The Morgan fingerprint density at radius 1 is 0.538 bits per heavy atom. The average Bonchev–Trinajstić information content (AvgIpc) is 2.64. The predicted molar refractivity (Wildman–Crippen MR) is 119 cm³/mol. The van der Waals surface area contributed by atoms with Gasteiger partial charge in [0.05, 0.1) is 0 Å². The molecule has 1 aromatic rings. The van der Waals surface area contributed by atoms with Gasteiger partial charge < -0.3 is 0 Å². The first-order chi connectivity index (χ1) is 12.8. The summed E-state index contributed by atoms with van der Waals surface area (Å²) >= 11 is 0. The van der Waals surface area contributed by atoms with E-state index in [-0.39, 0.29) is 0 Å². The third-order valence-electron chi connectivity index (χ3n) is 6.02. The molecule has 0 heteroatoms. The minimum absolute atomic E-state index is 1.27. The van der Waals surface area contributed by atoms with Gasteiger partial charge in [-0.15, -0.1) is 0 Å². The van der Waals surface area contributed by atoms with Crippen molar-refractivity contribution in [1.29, 1.82) is 0 Å². The van der Waals surface area contributed by atoms with Crippen LogP contribution in [-0.2, 0) is 6.42 Å². The summed E-state index contributed by atoms with van der Waals surface area (Å²) < 4.78 is 0. The first kappa shape index (κ1) is 23.3.